The lowest BCUT2D eigenvalue weighted by Crippen LogP contribution is -2.53. The van der Waals surface area contributed by atoms with Gasteiger partial charge in [0.2, 0.25) is 0 Å². The normalized spacial score (nSPS) is 29.3. The molecule has 1 saturated heterocycles. The maximum Gasteiger partial charge on any atom is 0.0155 e. The molecule has 0 N–H and O–H groups in total. The van der Waals surface area contributed by atoms with Gasteiger partial charge in [-0.05, 0) is 47.6 Å². The summed E-state index contributed by atoms with van der Waals surface area (Å²) in [5, 5.41) is 0. The van der Waals surface area contributed by atoms with Crippen LogP contribution in [0.15, 0.2) is 0 Å². The summed E-state index contributed by atoms with van der Waals surface area (Å²) >= 11 is 0. The van der Waals surface area contributed by atoms with E-state index in [-0.39, 0.29) is 0 Å². The lowest BCUT2D eigenvalue weighted by molar-refractivity contribution is 0.0213. The smallest absolute Gasteiger partial charge is 0.0155 e. The molecule has 0 radical (unpaired) electrons. The van der Waals surface area contributed by atoms with E-state index < -0.39 is 0 Å². The lowest BCUT2D eigenvalue weighted by Gasteiger charge is -2.48. The van der Waals surface area contributed by atoms with Gasteiger partial charge < -0.3 is 0 Å². The van der Waals surface area contributed by atoms with Gasteiger partial charge >= 0.3 is 0 Å². The van der Waals surface area contributed by atoms with Gasteiger partial charge in [-0.2, -0.15) is 0 Å². The van der Waals surface area contributed by atoms with Crippen molar-refractivity contribution in [1.82, 2.24) is 4.90 Å². The van der Waals surface area contributed by atoms with Crippen LogP contribution < -0.4 is 0 Å². The molecule has 0 spiro atoms. The van der Waals surface area contributed by atoms with E-state index in [1.54, 1.807) is 0 Å². The zero-order valence-corrected chi connectivity index (χ0v) is 9.98. The zero-order valence-electron chi connectivity index (χ0n) is 9.98. The molecule has 0 aliphatic carbocycles. The van der Waals surface area contributed by atoms with Crippen molar-refractivity contribution in [1.29, 1.82) is 0 Å². The van der Waals surface area contributed by atoms with Gasteiger partial charge in [-0.3, -0.25) is 4.90 Å². The van der Waals surface area contributed by atoms with Crippen molar-refractivity contribution < 1.29 is 0 Å². The van der Waals surface area contributed by atoms with Gasteiger partial charge in [0.1, 0.15) is 0 Å². The summed E-state index contributed by atoms with van der Waals surface area (Å²) in [6, 6.07) is 0. The van der Waals surface area contributed by atoms with Crippen molar-refractivity contribution in [3.05, 3.63) is 0 Å². The van der Waals surface area contributed by atoms with Crippen LogP contribution in [0.5, 0.6) is 0 Å². The van der Waals surface area contributed by atoms with Crippen LogP contribution in [0.2, 0.25) is 0 Å². The van der Waals surface area contributed by atoms with Crippen LogP contribution in [0.3, 0.4) is 0 Å². The Bertz CT molecular complexity index is 152. The molecule has 1 heterocycles. The van der Waals surface area contributed by atoms with E-state index in [1.807, 2.05) is 0 Å². The van der Waals surface area contributed by atoms with Gasteiger partial charge in [0, 0.05) is 11.1 Å². The monoisotopic (exact) mass is 183 g/mol. The molecule has 1 fully saturated rings. The van der Waals surface area contributed by atoms with Gasteiger partial charge in [0.25, 0.3) is 0 Å². The summed E-state index contributed by atoms with van der Waals surface area (Å²) in [7, 11) is 2.28. The van der Waals surface area contributed by atoms with Crippen LogP contribution in [0.4, 0.5) is 0 Å². The fraction of sp³-hybridized carbons (Fsp3) is 1.00. The molecular formula is C12H25N. The van der Waals surface area contributed by atoms with Crippen molar-refractivity contribution in [2.45, 2.75) is 70.9 Å². The summed E-state index contributed by atoms with van der Waals surface area (Å²) in [5.74, 6) is 0. The highest BCUT2D eigenvalue weighted by atomic mass is 15.2. The third-order valence-electron chi connectivity index (χ3n) is 3.89. The van der Waals surface area contributed by atoms with Crippen LogP contribution in [-0.2, 0) is 0 Å². The van der Waals surface area contributed by atoms with E-state index in [2.05, 4.69) is 39.6 Å². The second-order valence-electron chi connectivity index (χ2n) is 5.74. The van der Waals surface area contributed by atoms with E-state index in [1.165, 1.54) is 32.1 Å². The number of likely N-dealkylation sites (tertiary alicyclic amines) is 1. The predicted molar refractivity (Wildman–Crippen MR) is 59.0 cm³/mol. The average molecular weight is 183 g/mol. The van der Waals surface area contributed by atoms with E-state index in [4.69, 9.17) is 0 Å². The Balaban J connectivity index is 2.77. The molecule has 0 aromatic carbocycles. The molecule has 1 aliphatic rings. The van der Waals surface area contributed by atoms with Gasteiger partial charge in [0.15, 0.2) is 0 Å². The van der Waals surface area contributed by atoms with Gasteiger partial charge in [-0.25, -0.2) is 0 Å². The molecule has 1 heteroatoms. The van der Waals surface area contributed by atoms with Crippen molar-refractivity contribution >= 4 is 0 Å². The minimum absolute atomic E-state index is 0.379. The van der Waals surface area contributed by atoms with Crippen molar-refractivity contribution in [3.8, 4) is 0 Å². The minimum atomic E-state index is 0.379. The first-order valence-corrected chi connectivity index (χ1v) is 5.60. The first kappa shape index (κ1) is 11.0. The van der Waals surface area contributed by atoms with Crippen molar-refractivity contribution in [2.24, 2.45) is 0 Å². The Morgan fingerprint density at radius 1 is 0.769 bits per heavy atom. The minimum Gasteiger partial charge on any atom is -0.296 e. The maximum atomic E-state index is 2.57. The zero-order chi connectivity index (χ0) is 10.1. The third-order valence-corrected chi connectivity index (χ3v) is 3.89. The molecule has 1 rings (SSSR count). The second-order valence-corrected chi connectivity index (χ2v) is 5.74. The van der Waals surface area contributed by atoms with E-state index in [0.29, 0.717) is 11.1 Å². The number of nitrogens with zero attached hydrogens (tertiary/aromatic N) is 1. The molecule has 0 saturated carbocycles. The summed E-state index contributed by atoms with van der Waals surface area (Å²) in [5.41, 5.74) is 0.758. The summed E-state index contributed by atoms with van der Waals surface area (Å²) in [6.07, 6.45) is 6.89. The Hall–Kier alpha value is -0.0400. The molecule has 1 nitrogen and oxygen atoms in total. The molecule has 0 aromatic rings. The second kappa shape index (κ2) is 3.61. The number of hydrogen-bond donors (Lipinski definition) is 0. The lowest BCUT2D eigenvalue weighted by atomic mass is 9.83. The summed E-state index contributed by atoms with van der Waals surface area (Å²) in [4.78, 5) is 2.57. The quantitative estimate of drug-likeness (QED) is 0.556. The molecule has 0 aromatic heterocycles. The van der Waals surface area contributed by atoms with E-state index >= 15 is 0 Å². The van der Waals surface area contributed by atoms with Crippen molar-refractivity contribution in [3.63, 3.8) is 0 Å². The average Bonchev–Trinajstić information content (AvgIpc) is 2.01. The van der Waals surface area contributed by atoms with Crippen LogP contribution >= 0.6 is 0 Å². The molecule has 0 unspecified atom stereocenters. The van der Waals surface area contributed by atoms with E-state index in [0.717, 1.165) is 0 Å². The third kappa shape index (κ3) is 2.46. The first-order chi connectivity index (χ1) is 5.86. The predicted octanol–water partition coefficient (Wildman–Crippen LogP) is 3.44. The highest BCUT2D eigenvalue weighted by Gasteiger charge is 2.35. The van der Waals surface area contributed by atoms with Crippen molar-refractivity contribution in [2.75, 3.05) is 7.05 Å². The van der Waals surface area contributed by atoms with Crippen LogP contribution in [0, 0.1) is 0 Å². The van der Waals surface area contributed by atoms with Crippen LogP contribution in [0.25, 0.3) is 0 Å². The molecule has 0 bridgehead atoms. The van der Waals surface area contributed by atoms with Crippen LogP contribution in [-0.4, -0.2) is 23.0 Å². The van der Waals surface area contributed by atoms with Gasteiger partial charge in [-0.1, -0.05) is 19.3 Å². The summed E-state index contributed by atoms with van der Waals surface area (Å²) < 4.78 is 0. The van der Waals surface area contributed by atoms with Gasteiger partial charge in [0.05, 0.1) is 0 Å². The topological polar surface area (TPSA) is 3.24 Å². The largest absolute Gasteiger partial charge is 0.296 e. The number of hydrogen-bond acceptors (Lipinski definition) is 1. The summed E-state index contributed by atoms with van der Waals surface area (Å²) in [6.45, 7) is 9.50. The SMILES string of the molecule is CN1C(C)(C)CCCCCC1(C)C. The number of rotatable bonds is 0. The molecule has 13 heavy (non-hydrogen) atoms. The Labute approximate surface area is 83.5 Å². The first-order valence-electron chi connectivity index (χ1n) is 5.60. The fourth-order valence-corrected chi connectivity index (χ4v) is 2.45. The van der Waals surface area contributed by atoms with Crippen LogP contribution in [0.1, 0.15) is 59.8 Å². The molecule has 78 valence electrons. The standard InChI is InChI=1S/C12H25N/c1-11(2)9-7-6-8-10-12(3,4)13(11)5/h6-10H2,1-5H3. The van der Waals surface area contributed by atoms with Gasteiger partial charge in [-0.15, -0.1) is 0 Å². The molecule has 0 atom stereocenters. The molecule has 1 aliphatic heterocycles. The molecular weight excluding hydrogens is 158 g/mol. The highest BCUT2D eigenvalue weighted by molar-refractivity contribution is 4.91. The fourth-order valence-electron chi connectivity index (χ4n) is 2.45. The Morgan fingerprint density at radius 2 is 1.15 bits per heavy atom. The van der Waals surface area contributed by atoms with E-state index in [9.17, 15) is 0 Å². The maximum absolute atomic E-state index is 2.57. The Kier molecular flexibility index (Phi) is 3.06. The Morgan fingerprint density at radius 3 is 1.54 bits per heavy atom. The molecule has 0 amide bonds. The highest BCUT2D eigenvalue weighted by Crippen LogP contribution is 2.33.